The largest absolute Gasteiger partial charge is 0.352 e. The molecule has 206 valence electrons. The van der Waals surface area contributed by atoms with Gasteiger partial charge in [-0.25, -0.2) is 13.4 Å². The summed E-state index contributed by atoms with van der Waals surface area (Å²) in [5, 5.41) is 0.662. The van der Waals surface area contributed by atoms with Crippen LogP contribution in [-0.4, -0.2) is 74.7 Å². The van der Waals surface area contributed by atoms with Crippen LogP contribution >= 0.6 is 12.4 Å². The van der Waals surface area contributed by atoms with Gasteiger partial charge < -0.3 is 14.7 Å². The molecule has 1 aromatic carbocycles. The Bertz CT molecular complexity index is 1580. The van der Waals surface area contributed by atoms with E-state index in [0.29, 0.717) is 24.3 Å². The van der Waals surface area contributed by atoms with E-state index in [-0.39, 0.29) is 23.6 Å². The van der Waals surface area contributed by atoms with Crippen LogP contribution in [0.25, 0.3) is 22.0 Å². The quantitative estimate of drug-likeness (QED) is 0.500. The minimum Gasteiger partial charge on any atom is -0.352 e. The summed E-state index contributed by atoms with van der Waals surface area (Å²) in [5.41, 5.74) is 4.67. The number of nitrogens with zero attached hydrogens (tertiary/aromatic N) is 5. The zero-order chi connectivity index (χ0) is 26.2. The van der Waals surface area contributed by atoms with Crippen molar-refractivity contribution in [2.24, 2.45) is 0 Å². The zero-order valence-corrected chi connectivity index (χ0v) is 23.8. The van der Waals surface area contributed by atoms with Gasteiger partial charge >= 0.3 is 0 Å². The average molecular weight is 569 g/mol. The van der Waals surface area contributed by atoms with Gasteiger partial charge in [0.15, 0.2) is 5.82 Å². The topological polar surface area (TPSA) is 98.7 Å². The van der Waals surface area contributed by atoms with Gasteiger partial charge in [-0.2, -0.15) is 0 Å². The molecule has 2 aromatic heterocycles. The lowest BCUT2D eigenvalue weighted by Gasteiger charge is -2.37. The predicted molar refractivity (Wildman–Crippen MR) is 156 cm³/mol. The van der Waals surface area contributed by atoms with Crippen LogP contribution in [0, 0.1) is 0 Å². The van der Waals surface area contributed by atoms with Crippen molar-refractivity contribution in [2.75, 3.05) is 54.8 Å². The number of sulfonamides is 1. The molecule has 7 rings (SSSR count). The molecule has 0 atom stereocenters. The van der Waals surface area contributed by atoms with Crippen LogP contribution in [0.1, 0.15) is 37.7 Å². The van der Waals surface area contributed by atoms with Crippen molar-refractivity contribution in [3.63, 3.8) is 0 Å². The highest BCUT2D eigenvalue weighted by atomic mass is 35.5. The van der Waals surface area contributed by atoms with Crippen LogP contribution in [0.5, 0.6) is 0 Å². The molecule has 2 aliphatic carbocycles. The van der Waals surface area contributed by atoms with E-state index in [1.165, 1.54) is 0 Å². The number of fused-ring (bicyclic) bond motifs is 4. The molecule has 4 aliphatic rings. The zero-order valence-electron chi connectivity index (χ0n) is 22.2. The number of hydrogen-bond acceptors (Lipinski definition) is 7. The number of carbonyl (C=O) groups is 1. The van der Waals surface area contributed by atoms with Crippen molar-refractivity contribution in [1.29, 1.82) is 0 Å². The number of hydrogen-bond donors (Lipinski definition) is 1. The molecule has 4 heterocycles. The van der Waals surface area contributed by atoms with Gasteiger partial charge in [-0.1, -0.05) is 12.5 Å². The average Bonchev–Trinajstić information content (AvgIpc) is 3.71. The molecule has 1 N–H and O–H groups in total. The Balaban J connectivity index is 0.00000277. The Labute approximate surface area is 235 Å². The van der Waals surface area contributed by atoms with Gasteiger partial charge in [-0.3, -0.25) is 14.5 Å². The van der Waals surface area contributed by atoms with E-state index < -0.39 is 15.4 Å². The van der Waals surface area contributed by atoms with Crippen molar-refractivity contribution in [3.8, 4) is 11.1 Å². The second-order valence-electron chi connectivity index (χ2n) is 11.3. The first-order chi connectivity index (χ1) is 18.3. The first-order valence-electron chi connectivity index (χ1n) is 13.4. The maximum absolute atomic E-state index is 13.2. The number of benzene rings is 1. The maximum Gasteiger partial charge on any atom is 0.237 e. The number of carbonyl (C=O) groups excluding carboxylic acids is 1. The molecule has 9 nitrogen and oxygen atoms in total. The fourth-order valence-electron chi connectivity index (χ4n) is 6.23. The second kappa shape index (κ2) is 9.31. The normalized spacial score (nSPS) is 20.6. The second-order valence-corrected chi connectivity index (χ2v) is 13.2. The Kier molecular flexibility index (Phi) is 6.28. The summed E-state index contributed by atoms with van der Waals surface area (Å²) in [6.45, 7) is 3.38. The highest BCUT2D eigenvalue weighted by Gasteiger charge is 2.54. The summed E-state index contributed by atoms with van der Waals surface area (Å²) in [7, 11) is 0.473. The molecule has 3 aromatic rings. The Hall–Kier alpha value is -2.95. The third kappa shape index (κ3) is 4.15. The smallest absolute Gasteiger partial charge is 0.237 e. The Morgan fingerprint density at radius 2 is 1.72 bits per heavy atom. The number of aromatic nitrogens is 2. The molecular formula is C28H33ClN6O3S. The fourth-order valence-corrected chi connectivity index (χ4v) is 7.61. The summed E-state index contributed by atoms with van der Waals surface area (Å²) < 4.78 is 28.8. The van der Waals surface area contributed by atoms with Crippen LogP contribution < -0.4 is 14.5 Å². The van der Waals surface area contributed by atoms with Gasteiger partial charge in [0, 0.05) is 55.9 Å². The maximum atomic E-state index is 13.2. The molecule has 0 unspecified atom stereocenters. The minimum atomic E-state index is -3.46. The molecule has 1 saturated heterocycles. The van der Waals surface area contributed by atoms with E-state index in [0.717, 1.165) is 78.7 Å². The SMILES string of the molecule is CN1CCN(c2ncc(-c3ccc4ncc5c(c4c3)C3(CCC3)C(=O)N5C)cc2NS(=O)(=O)C2CC2)CC1.Cl. The molecule has 1 spiro atoms. The van der Waals surface area contributed by atoms with E-state index in [1.807, 2.05) is 37.6 Å². The van der Waals surface area contributed by atoms with Crippen molar-refractivity contribution in [1.82, 2.24) is 14.9 Å². The summed E-state index contributed by atoms with van der Waals surface area (Å²) >= 11 is 0. The van der Waals surface area contributed by atoms with E-state index in [1.54, 1.807) is 4.90 Å². The lowest BCUT2D eigenvalue weighted by atomic mass is 9.64. The lowest BCUT2D eigenvalue weighted by Crippen LogP contribution is -2.45. The van der Waals surface area contributed by atoms with Crippen molar-refractivity contribution < 1.29 is 13.2 Å². The molecule has 0 radical (unpaired) electrons. The van der Waals surface area contributed by atoms with E-state index in [2.05, 4.69) is 32.6 Å². The fraction of sp³-hybridized carbons (Fsp3) is 0.464. The molecule has 1 amide bonds. The van der Waals surface area contributed by atoms with Crippen LogP contribution in [0.2, 0.25) is 0 Å². The summed E-state index contributed by atoms with van der Waals surface area (Å²) in [5.74, 6) is 0.837. The van der Waals surface area contributed by atoms with Crippen molar-refractivity contribution >= 4 is 56.4 Å². The van der Waals surface area contributed by atoms with Gasteiger partial charge in [0.2, 0.25) is 15.9 Å². The van der Waals surface area contributed by atoms with Crippen LogP contribution in [-0.2, 0) is 20.2 Å². The van der Waals surface area contributed by atoms with Gasteiger partial charge in [0.1, 0.15) is 0 Å². The number of nitrogens with one attached hydrogen (secondary N) is 1. The third-order valence-electron chi connectivity index (χ3n) is 8.83. The number of anilines is 3. The molecule has 2 saturated carbocycles. The molecule has 0 bridgehead atoms. The van der Waals surface area contributed by atoms with E-state index in [4.69, 9.17) is 4.98 Å². The highest BCUT2D eigenvalue weighted by molar-refractivity contribution is 7.93. The van der Waals surface area contributed by atoms with Gasteiger partial charge in [0.25, 0.3) is 0 Å². The highest BCUT2D eigenvalue weighted by Crippen LogP contribution is 2.55. The first-order valence-corrected chi connectivity index (χ1v) is 15.0. The number of rotatable bonds is 5. The third-order valence-corrected chi connectivity index (χ3v) is 10.7. The number of amides is 1. The number of pyridine rings is 2. The monoisotopic (exact) mass is 568 g/mol. The predicted octanol–water partition coefficient (Wildman–Crippen LogP) is 3.77. The van der Waals surface area contributed by atoms with Gasteiger partial charge in [-0.05, 0) is 56.5 Å². The van der Waals surface area contributed by atoms with Crippen molar-refractivity contribution in [2.45, 2.75) is 42.8 Å². The summed E-state index contributed by atoms with van der Waals surface area (Å²) in [6, 6.07) is 8.00. The molecule has 2 aliphatic heterocycles. The van der Waals surface area contributed by atoms with Crippen LogP contribution in [0.15, 0.2) is 36.7 Å². The number of likely N-dealkylation sites (N-methyl/N-ethyl adjacent to an activating group) is 2. The van der Waals surface area contributed by atoms with Crippen LogP contribution in [0.4, 0.5) is 17.2 Å². The molecule has 11 heteroatoms. The summed E-state index contributed by atoms with van der Waals surface area (Å²) in [4.78, 5) is 28.9. The standard InChI is InChI=1S/C28H32N6O3S.ClH/c1-32-10-12-34(13-11-32)26-23(31-38(36,37)20-5-6-20)15-19(16-30-26)18-4-7-22-21(14-18)25-24(17-29-22)33(2)27(35)28(25)8-3-9-28;/h4,7,14-17,20,31H,3,5-6,8-13H2,1-2H3;1H. The number of halogens is 1. The van der Waals surface area contributed by atoms with E-state index in [9.17, 15) is 13.2 Å². The molecular weight excluding hydrogens is 536 g/mol. The van der Waals surface area contributed by atoms with Gasteiger partial charge in [0.05, 0.1) is 33.8 Å². The summed E-state index contributed by atoms with van der Waals surface area (Å²) in [6.07, 6.45) is 7.82. The minimum absolute atomic E-state index is 0. The van der Waals surface area contributed by atoms with E-state index >= 15 is 0 Å². The van der Waals surface area contributed by atoms with Crippen LogP contribution in [0.3, 0.4) is 0 Å². The number of piperazine rings is 1. The Morgan fingerprint density at radius 1 is 0.974 bits per heavy atom. The van der Waals surface area contributed by atoms with Gasteiger partial charge in [-0.15, -0.1) is 12.4 Å². The van der Waals surface area contributed by atoms with Crippen molar-refractivity contribution in [3.05, 3.63) is 42.2 Å². The molecule has 3 fully saturated rings. The first kappa shape index (κ1) is 26.3. The Morgan fingerprint density at radius 3 is 2.38 bits per heavy atom. The lowest BCUT2D eigenvalue weighted by molar-refractivity contribution is -0.125. The molecule has 39 heavy (non-hydrogen) atoms.